The maximum absolute atomic E-state index is 12.9. The molecule has 3 fully saturated rings. The van der Waals surface area contributed by atoms with Gasteiger partial charge in [-0.05, 0) is 51.6 Å². The fourth-order valence-corrected chi connectivity index (χ4v) is 4.75. The number of piperidine rings is 1. The number of carbonyl (C=O) groups is 2. The Hall–Kier alpha value is -1.10. The second kappa shape index (κ2) is 7.20. The lowest BCUT2D eigenvalue weighted by atomic mass is 9.78. The van der Waals surface area contributed by atoms with Crippen molar-refractivity contribution in [2.75, 3.05) is 33.2 Å². The molecular weight excluding hydrogens is 290 g/mol. The molecule has 5 nitrogen and oxygen atoms in total. The molecule has 1 N–H and O–H groups in total. The summed E-state index contributed by atoms with van der Waals surface area (Å²) in [5.41, 5.74) is -0.531. The second-order valence-corrected chi connectivity index (χ2v) is 7.70. The van der Waals surface area contributed by atoms with Crippen LogP contribution in [0, 0.1) is 5.92 Å². The van der Waals surface area contributed by atoms with Crippen molar-refractivity contribution in [3.63, 3.8) is 0 Å². The molecule has 1 aliphatic carbocycles. The Balaban J connectivity index is 1.61. The van der Waals surface area contributed by atoms with Gasteiger partial charge in [-0.25, -0.2) is 0 Å². The highest BCUT2D eigenvalue weighted by molar-refractivity contribution is 5.92. The Kier molecular flexibility index (Phi) is 5.24. The van der Waals surface area contributed by atoms with E-state index in [2.05, 4.69) is 17.3 Å². The van der Waals surface area contributed by atoms with E-state index in [0.29, 0.717) is 25.4 Å². The quantitative estimate of drug-likeness (QED) is 0.862. The molecule has 1 atom stereocenters. The SMILES string of the molecule is CN1CCCC(CCC(=O)N2CCNC(=O)C23CCCCC3)C1. The molecule has 5 heteroatoms. The van der Waals surface area contributed by atoms with Crippen molar-refractivity contribution in [3.05, 3.63) is 0 Å². The Morgan fingerprint density at radius 3 is 2.74 bits per heavy atom. The molecule has 1 saturated carbocycles. The summed E-state index contributed by atoms with van der Waals surface area (Å²) in [7, 11) is 2.17. The summed E-state index contributed by atoms with van der Waals surface area (Å²) < 4.78 is 0. The number of hydrogen-bond acceptors (Lipinski definition) is 3. The lowest BCUT2D eigenvalue weighted by Gasteiger charge is -2.48. The summed E-state index contributed by atoms with van der Waals surface area (Å²) in [6, 6.07) is 0. The van der Waals surface area contributed by atoms with E-state index in [1.165, 1.54) is 25.8 Å². The molecule has 2 aliphatic heterocycles. The van der Waals surface area contributed by atoms with Gasteiger partial charge < -0.3 is 15.1 Å². The van der Waals surface area contributed by atoms with Crippen LogP contribution in [-0.2, 0) is 9.59 Å². The zero-order valence-corrected chi connectivity index (χ0v) is 14.5. The van der Waals surface area contributed by atoms with Gasteiger partial charge in [0.15, 0.2) is 0 Å². The number of nitrogens with one attached hydrogen (secondary N) is 1. The number of amides is 2. The molecule has 0 bridgehead atoms. The minimum atomic E-state index is -0.531. The third-order valence-electron chi connectivity index (χ3n) is 6.03. The zero-order valence-electron chi connectivity index (χ0n) is 14.5. The number of rotatable bonds is 3. The highest BCUT2D eigenvalue weighted by atomic mass is 16.2. The summed E-state index contributed by atoms with van der Waals surface area (Å²) in [6.07, 6.45) is 9.05. The Bertz CT molecular complexity index is 446. The van der Waals surface area contributed by atoms with Crippen LogP contribution in [0.25, 0.3) is 0 Å². The molecule has 130 valence electrons. The van der Waals surface area contributed by atoms with Gasteiger partial charge in [-0.1, -0.05) is 19.3 Å². The van der Waals surface area contributed by atoms with Crippen LogP contribution in [0.5, 0.6) is 0 Å². The van der Waals surface area contributed by atoms with Crippen LogP contribution in [0.4, 0.5) is 0 Å². The van der Waals surface area contributed by atoms with Gasteiger partial charge in [0, 0.05) is 26.1 Å². The molecule has 0 radical (unpaired) electrons. The van der Waals surface area contributed by atoms with Gasteiger partial charge in [-0.15, -0.1) is 0 Å². The summed E-state index contributed by atoms with van der Waals surface area (Å²) in [5.74, 6) is 0.933. The van der Waals surface area contributed by atoms with Crippen molar-refractivity contribution in [1.29, 1.82) is 0 Å². The minimum Gasteiger partial charge on any atom is -0.352 e. The lowest BCUT2D eigenvalue weighted by molar-refractivity contribution is -0.154. The molecule has 2 heterocycles. The predicted octanol–water partition coefficient (Wildman–Crippen LogP) is 1.77. The summed E-state index contributed by atoms with van der Waals surface area (Å²) in [4.78, 5) is 29.7. The highest BCUT2D eigenvalue weighted by Gasteiger charge is 2.48. The molecule has 0 aromatic carbocycles. The number of likely N-dealkylation sites (tertiary alicyclic amines) is 1. The molecule has 1 unspecified atom stereocenters. The predicted molar refractivity (Wildman–Crippen MR) is 90.0 cm³/mol. The smallest absolute Gasteiger partial charge is 0.246 e. The fourth-order valence-electron chi connectivity index (χ4n) is 4.75. The van der Waals surface area contributed by atoms with E-state index >= 15 is 0 Å². The number of carbonyl (C=O) groups excluding carboxylic acids is 2. The Labute approximate surface area is 139 Å². The summed E-state index contributed by atoms with van der Waals surface area (Å²) >= 11 is 0. The molecule has 1 spiro atoms. The maximum atomic E-state index is 12.9. The van der Waals surface area contributed by atoms with Crippen LogP contribution in [0.3, 0.4) is 0 Å². The number of nitrogens with zero attached hydrogens (tertiary/aromatic N) is 2. The van der Waals surface area contributed by atoms with E-state index in [0.717, 1.165) is 38.6 Å². The van der Waals surface area contributed by atoms with E-state index in [-0.39, 0.29) is 11.8 Å². The van der Waals surface area contributed by atoms with Crippen LogP contribution in [-0.4, -0.2) is 60.4 Å². The van der Waals surface area contributed by atoms with Gasteiger partial charge in [0.2, 0.25) is 11.8 Å². The molecule has 2 amide bonds. The van der Waals surface area contributed by atoms with Crippen molar-refractivity contribution in [3.8, 4) is 0 Å². The van der Waals surface area contributed by atoms with Crippen molar-refractivity contribution >= 4 is 11.8 Å². The standard InChI is InChI=1S/C18H31N3O2/c1-20-12-5-6-15(14-20)7-8-16(22)21-13-11-19-17(23)18(21)9-3-2-4-10-18/h15H,2-14H2,1H3,(H,19,23). The van der Waals surface area contributed by atoms with Crippen LogP contribution >= 0.6 is 0 Å². The Morgan fingerprint density at radius 1 is 1.22 bits per heavy atom. The van der Waals surface area contributed by atoms with Crippen LogP contribution in [0.15, 0.2) is 0 Å². The van der Waals surface area contributed by atoms with Crippen molar-refractivity contribution < 1.29 is 9.59 Å². The van der Waals surface area contributed by atoms with Crippen molar-refractivity contribution in [1.82, 2.24) is 15.1 Å². The fraction of sp³-hybridized carbons (Fsp3) is 0.889. The first-order valence-corrected chi connectivity index (χ1v) is 9.39. The normalized spacial score (nSPS) is 28.7. The van der Waals surface area contributed by atoms with E-state index in [1.54, 1.807) is 0 Å². The first-order chi connectivity index (χ1) is 11.1. The number of hydrogen-bond donors (Lipinski definition) is 1. The van der Waals surface area contributed by atoms with Gasteiger partial charge in [-0.2, -0.15) is 0 Å². The summed E-state index contributed by atoms with van der Waals surface area (Å²) in [5, 5.41) is 3.00. The minimum absolute atomic E-state index is 0.0919. The van der Waals surface area contributed by atoms with Gasteiger partial charge in [0.05, 0.1) is 0 Å². The van der Waals surface area contributed by atoms with Crippen molar-refractivity contribution in [2.24, 2.45) is 5.92 Å². The molecular formula is C18H31N3O2. The van der Waals surface area contributed by atoms with Gasteiger partial charge in [0.25, 0.3) is 0 Å². The molecule has 3 aliphatic rings. The molecule has 3 rings (SSSR count). The third kappa shape index (κ3) is 3.54. The van der Waals surface area contributed by atoms with Gasteiger partial charge >= 0.3 is 0 Å². The van der Waals surface area contributed by atoms with Crippen LogP contribution in [0.2, 0.25) is 0 Å². The van der Waals surface area contributed by atoms with E-state index in [9.17, 15) is 9.59 Å². The molecule has 23 heavy (non-hydrogen) atoms. The monoisotopic (exact) mass is 321 g/mol. The molecule has 2 saturated heterocycles. The average molecular weight is 321 g/mol. The average Bonchev–Trinajstić information content (AvgIpc) is 2.56. The Morgan fingerprint density at radius 2 is 2.00 bits per heavy atom. The van der Waals surface area contributed by atoms with Crippen molar-refractivity contribution in [2.45, 2.75) is 63.3 Å². The van der Waals surface area contributed by atoms with E-state index in [4.69, 9.17) is 0 Å². The lowest BCUT2D eigenvalue weighted by Crippen LogP contribution is -2.67. The topological polar surface area (TPSA) is 52.7 Å². The van der Waals surface area contributed by atoms with Crippen LogP contribution in [0.1, 0.15) is 57.8 Å². The van der Waals surface area contributed by atoms with Gasteiger partial charge in [0.1, 0.15) is 5.54 Å². The molecule has 0 aromatic rings. The number of piperazine rings is 1. The summed E-state index contributed by atoms with van der Waals surface area (Å²) in [6.45, 7) is 3.59. The third-order valence-corrected chi connectivity index (χ3v) is 6.03. The molecule has 0 aromatic heterocycles. The van der Waals surface area contributed by atoms with Crippen LogP contribution < -0.4 is 5.32 Å². The maximum Gasteiger partial charge on any atom is 0.246 e. The first kappa shape index (κ1) is 16.7. The van der Waals surface area contributed by atoms with E-state index in [1.807, 2.05) is 4.90 Å². The van der Waals surface area contributed by atoms with Gasteiger partial charge in [-0.3, -0.25) is 9.59 Å². The first-order valence-electron chi connectivity index (χ1n) is 9.39. The second-order valence-electron chi connectivity index (χ2n) is 7.70. The largest absolute Gasteiger partial charge is 0.352 e. The van der Waals surface area contributed by atoms with E-state index < -0.39 is 5.54 Å². The highest BCUT2D eigenvalue weighted by Crippen LogP contribution is 2.36. The zero-order chi connectivity index (χ0) is 16.3.